The second kappa shape index (κ2) is 22.3. The van der Waals surface area contributed by atoms with E-state index in [1.54, 1.807) is 25.0 Å². The second-order valence-electron chi connectivity index (χ2n) is 23.1. The summed E-state index contributed by atoms with van der Waals surface area (Å²) in [6, 6.07) is 15.4. The number of methoxy groups -OCH3 is 2. The van der Waals surface area contributed by atoms with Crippen LogP contribution in [0.3, 0.4) is 0 Å². The summed E-state index contributed by atoms with van der Waals surface area (Å²) in [6.07, 6.45) is 9.64. The van der Waals surface area contributed by atoms with Gasteiger partial charge in [0.15, 0.2) is 0 Å². The van der Waals surface area contributed by atoms with Crippen molar-refractivity contribution in [3.63, 3.8) is 0 Å². The Morgan fingerprint density at radius 2 is 0.783 bits per heavy atom. The number of benzene rings is 2. The van der Waals surface area contributed by atoms with Crippen LogP contribution < -0.4 is 0 Å². The van der Waals surface area contributed by atoms with Gasteiger partial charge in [-0.05, 0) is 159 Å². The molecule has 6 rings (SSSR count). The van der Waals surface area contributed by atoms with Crippen molar-refractivity contribution in [1.29, 1.82) is 0 Å². The quantitative estimate of drug-likeness (QED) is 0.269. The van der Waals surface area contributed by atoms with Gasteiger partial charge in [-0.15, -0.1) is 0 Å². The zero-order valence-corrected chi connectivity index (χ0v) is 45.8. The van der Waals surface area contributed by atoms with Gasteiger partial charge in [-0.2, -0.15) is 13.8 Å². The van der Waals surface area contributed by atoms with Gasteiger partial charge >= 0.3 is 37.9 Å². The molecule has 5 heteroatoms. The first-order valence-electron chi connectivity index (χ1n) is 23.7. The first kappa shape index (κ1) is 54.2. The van der Waals surface area contributed by atoms with Crippen molar-refractivity contribution >= 4 is 17.0 Å². The molecule has 340 valence electrons. The molecule has 0 N–H and O–H groups in total. The fourth-order valence-corrected chi connectivity index (χ4v) is 12.3. The van der Waals surface area contributed by atoms with Crippen LogP contribution in [0.4, 0.5) is 0 Å². The van der Waals surface area contributed by atoms with Crippen LogP contribution in [-0.2, 0) is 52.0 Å². The summed E-state index contributed by atoms with van der Waals surface area (Å²) in [5, 5.41) is 0. The number of hydrogen-bond donors (Lipinski definition) is 0. The Bertz CT molecular complexity index is 1430. The van der Waals surface area contributed by atoms with Crippen molar-refractivity contribution in [2.75, 3.05) is 14.2 Å². The van der Waals surface area contributed by atoms with Crippen LogP contribution in [0.1, 0.15) is 201 Å². The van der Waals surface area contributed by atoms with E-state index in [0.29, 0.717) is 59.6 Å². The van der Waals surface area contributed by atoms with Gasteiger partial charge in [0.1, 0.15) is 0 Å². The van der Waals surface area contributed by atoms with E-state index in [-0.39, 0.29) is 21.7 Å². The predicted molar refractivity (Wildman–Crippen MR) is 260 cm³/mol. The second-order valence-corrected chi connectivity index (χ2v) is 26.9. The molecular weight excluding hydrogens is 855 g/mol. The zero-order chi connectivity index (χ0) is 45.7. The molecular formula is C55H90Cl2O2Zr. The minimum absolute atomic E-state index is 0.137. The molecule has 0 amide bonds. The zero-order valence-electron chi connectivity index (χ0n) is 41.8. The molecule has 0 saturated heterocycles. The number of ether oxygens (including phenoxy) is 2. The molecule has 0 bridgehead atoms. The molecule has 4 fully saturated rings. The molecule has 2 aromatic rings. The van der Waals surface area contributed by atoms with Crippen LogP contribution in [0.15, 0.2) is 36.4 Å². The molecule has 0 spiro atoms. The van der Waals surface area contributed by atoms with Crippen molar-refractivity contribution in [2.24, 2.45) is 47.3 Å². The summed E-state index contributed by atoms with van der Waals surface area (Å²) in [5.41, 5.74) is 9.76. The standard InChI is InChI=1S/C51H80O2.2C2H5.2ClH.Zr/c1-30-21-42-38(32-23-34(48(3,4)5)27-35(24-32)49(6,7)8)17-19-44(52-15)46(42)40(30)29-41-31(2)22-43-39(18-20-45(53-16)47(41)43)33-25-36(50(9,10)11)28-37(26-33)51(12,13)14;2*1-2;;;/h23-28,30-31,38-47H,17-22,29H2,1-16H3;2*1H2,2H3;2*1H;/q;2*-1;;;+4/p-2. The van der Waals surface area contributed by atoms with Gasteiger partial charge in [0.05, 0.1) is 12.2 Å². The van der Waals surface area contributed by atoms with Gasteiger partial charge in [-0.3, -0.25) is 0 Å². The number of fused-ring (bicyclic) bond motifs is 2. The third-order valence-electron chi connectivity index (χ3n) is 15.5. The number of halogens is 2. The Hall–Kier alpha value is -0.177. The first-order chi connectivity index (χ1) is 27.9. The van der Waals surface area contributed by atoms with E-state index >= 15 is 0 Å². The number of rotatable bonds is 6. The number of hydrogen-bond acceptors (Lipinski definition) is 2. The van der Waals surface area contributed by atoms with E-state index in [0.717, 1.165) is 11.8 Å². The fourth-order valence-electron chi connectivity index (χ4n) is 12.3. The average Bonchev–Trinajstić information content (AvgIpc) is 3.69. The summed E-state index contributed by atoms with van der Waals surface area (Å²) < 4.78 is 13.0. The van der Waals surface area contributed by atoms with Crippen molar-refractivity contribution in [3.8, 4) is 0 Å². The Balaban J connectivity index is 0.00000130. The summed E-state index contributed by atoms with van der Waals surface area (Å²) >= 11 is -0.826. The molecule has 60 heavy (non-hydrogen) atoms. The topological polar surface area (TPSA) is 18.5 Å². The minimum atomic E-state index is -0.826. The molecule has 2 nitrogen and oxygen atoms in total. The Morgan fingerprint density at radius 1 is 0.517 bits per heavy atom. The average molecular weight is 945 g/mol. The third-order valence-corrected chi connectivity index (χ3v) is 15.5. The molecule has 4 aliphatic carbocycles. The van der Waals surface area contributed by atoms with Gasteiger partial charge < -0.3 is 23.3 Å². The fraction of sp³-hybridized carbons (Fsp3) is 0.745. The first-order valence-corrected chi connectivity index (χ1v) is 30.0. The van der Waals surface area contributed by atoms with Crippen LogP contribution in [-0.4, -0.2) is 26.4 Å². The van der Waals surface area contributed by atoms with Crippen LogP contribution in [0.2, 0.25) is 0 Å². The molecule has 0 aromatic heterocycles. The van der Waals surface area contributed by atoms with E-state index in [4.69, 9.17) is 26.5 Å². The molecule has 4 saturated carbocycles. The van der Waals surface area contributed by atoms with Gasteiger partial charge in [-0.25, -0.2) is 0 Å². The molecule has 4 aliphatic rings. The van der Waals surface area contributed by atoms with E-state index < -0.39 is 20.8 Å². The SMILES string of the molecule is COC1CCC(c2cc(C(C)(C)C)cc(C(C)(C)C)c2)C2CC(C)C(CC3C(C)CC4C(c5cc(C(C)(C)C)cc(C(C)(C)C)c5)CCC(OC)C34)C12.[CH2-]C.[CH2-]C.[Cl][Zr+2][Cl]. The Kier molecular flexibility index (Phi) is 20.2. The molecule has 0 heterocycles. The molecule has 2 aromatic carbocycles. The summed E-state index contributed by atoms with van der Waals surface area (Å²) in [5.74, 6) is 6.76. The van der Waals surface area contributed by atoms with Crippen LogP contribution >= 0.6 is 17.0 Å². The van der Waals surface area contributed by atoms with Crippen LogP contribution in [0.5, 0.6) is 0 Å². The molecule has 0 radical (unpaired) electrons. The van der Waals surface area contributed by atoms with E-state index in [9.17, 15) is 0 Å². The van der Waals surface area contributed by atoms with Crippen molar-refractivity contribution in [3.05, 3.63) is 83.6 Å². The maximum atomic E-state index is 6.49. The van der Waals surface area contributed by atoms with E-state index in [2.05, 4.69) is 147 Å². The summed E-state index contributed by atoms with van der Waals surface area (Å²) in [4.78, 5) is 0. The van der Waals surface area contributed by atoms with Gasteiger partial charge in [-0.1, -0.05) is 133 Å². The molecule has 12 atom stereocenters. The molecule has 12 unspecified atom stereocenters. The van der Waals surface area contributed by atoms with Gasteiger partial charge in [0.2, 0.25) is 0 Å². The van der Waals surface area contributed by atoms with Crippen LogP contribution in [0, 0.1) is 61.2 Å². The van der Waals surface area contributed by atoms with Gasteiger partial charge in [0.25, 0.3) is 0 Å². The van der Waals surface area contributed by atoms with Crippen molar-refractivity contribution < 1.29 is 30.3 Å². The molecule has 0 aliphatic heterocycles. The van der Waals surface area contributed by atoms with E-state index in [1.807, 2.05) is 14.2 Å². The Labute approximate surface area is 391 Å². The maximum absolute atomic E-state index is 6.49. The van der Waals surface area contributed by atoms with E-state index in [1.165, 1.54) is 67.2 Å². The van der Waals surface area contributed by atoms with Crippen LogP contribution in [0.25, 0.3) is 0 Å². The van der Waals surface area contributed by atoms with Crippen molar-refractivity contribution in [1.82, 2.24) is 0 Å². The van der Waals surface area contributed by atoms with Crippen molar-refractivity contribution in [2.45, 2.75) is 201 Å². The normalized spacial score (nSPS) is 31.6. The summed E-state index contributed by atoms with van der Waals surface area (Å²) in [6.45, 7) is 43.9. The monoisotopic (exact) mass is 943 g/mol. The van der Waals surface area contributed by atoms with Gasteiger partial charge in [0, 0.05) is 14.2 Å². The summed E-state index contributed by atoms with van der Waals surface area (Å²) in [7, 11) is 13.9. The predicted octanol–water partition coefficient (Wildman–Crippen LogP) is 16.6. The third kappa shape index (κ3) is 12.6. The Morgan fingerprint density at radius 3 is 1.02 bits per heavy atom.